The predicted molar refractivity (Wildman–Crippen MR) is 44.6 cm³/mol. The Labute approximate surface area is 76.9 Å². The van der Waals surface area contributed by atoms with E-state index in [1.165, 1.54) is 6.42 Å². The van der Waals surface area contributed by atoms with Gasteiger partial charge in [-0.3, -0.25) is 0 Å². The Hall–Kier alpha value is -0.0800. The zero-order valence-electron chi connectivity index (χ0n) is 7.38. The molecule has 5 saturated carbocycles. The Morgan fingerprint density at radius 2 is 1.08 bits per heavy atom. The first-order chi connectivity index (χ1) is 6.30. The molecule has 0 spiro atoms. The highest BCUT2D eigenvalue weighted by Crippen LogP contribution is 2.82. The molecule has 5 fully saturated rings. The molecule has 13 heavy (non-hydrogen) atoms. The van der Waals surface area contributed by atoms with Crippen molar-refractivity contribution in [2.75, 3.05) is 0 Å². The quantitative estimate of drug-likeness (QED) is 0.552. The third kappa shape index (κ3) is 0.375. The summed E-state index contributed by atoms with van der Waals surface area (Å²) < 4.78 is 0. The molecule has 1 unspecified atom stereocenters. The summed E-state index contributed by atoms with van der Waals surface area (Å²) >= 11 is 0. The zero-order valence-corrected chi connectivity index (χ0v) is 7.38. The van der Waals surface area contributed by atoms with Crippen LogP contribution in [0.25, 0.3) is 0 Å². The Bertz CT molecular complexity index is 281. The van der Waals surface area contributed by atoms with Crippen LogP contribution in [0.3, 0.4) is 0 Å². The molecule has 0 heterocycles. The van der Waals surface area contributed by atoms with Crippen LogP contribution in [0.2, 0.25) is 0 Å². The molecule has 2 heteroatoms. The van der Waals surface area contributed by atoms with Crippen LogP contribution >= 0.6 is 0 Å². The van der Waals surface area contributed by atoms with E-state index in [9.17, 15) is 10.2 Å². The molecule has 0 aliphatic heterocycles. The minimum Gasteiger partial charge on any atom is -0.393 e. The molecule has 5 aliphatic carbocycles. The first-order valence-electron chi connectivity index (χ1n) is 5.67. The highest BCUT2D eigenvalue weighted by molar-refractivity contribution is 5.30. The van der Waals surface area contributed by atoms with Crippen molar-refractivity contribution in [1.82, 2.24) is 0 Å². The molecular formula is C11H14O2. The average molecular weight is 178 g/mol. The minimum atomic E-state index is -0.0304. The third-order valence-corrected chi connectivity index (χ3v) is 6.32. The van der Waals surface area contributed by atoms with Crippen LogP contribution < -0.4 is 0 Å². The summed E-state index contributed by atoms with van der Waals surface area (Å²) in [6.45, 7) is 0. The summed E-state index contributed by atoms with van der Waals surface area (Å²) in [4.78, 5) is 0. The van der Waals surface area contributed by atoms with Gasteiger partial charge >= 0.3 is 0 Å². The summed E-state index contributed by atoms with van der Waals surface area (Å²) in [6.07, 6.45) is 1.28. The molecule has 0 amide bonds. The fraction of sp³-hybridized carbons (Fsp3) is 1.00. The maximum absolute atomic E-state index is 10.1. The number of aliphatic hydroxyl groups is 2. The lowest BCUT2D eigenvalue weighted by molar-refractivity contribution is -0.109. The zero-order chi connectivity index (χ0) is 8.48. The predicted octanol–water partition coefficient (Wildman–Crippen LogP) is 0.0959. The highest BCUT2D eigenvalue weighted by atomic mass is 16.3. The number of rotatable bonds is 0. The van der Waals surface area contributed by atoms with E-state index >= 15 is 0 Å². The monoisotopic (exact) mass is 178 g/mol. The standard InChI is InChI=1S/C11H14O2/c12-10-6-2-1-3-5-4(2)8(10)9(5)11(13)7(3)6/h2-13H,1H2/t2-,3+,4-,5+,6+,7-,8+,9?,10+,11-/m1/s1. The Morgan fingerprint density at radius 1 is 0.615 bits per heavy atom. The lowest BCUT2D eigenvalue weighted by Crippen LogP contribution is -2.51. The lowest BCUT2D eigenvalue weighted by atomic mass is 9.58. The lowest BCUT2D eigenvalue weighted by Gasteiger charge is -2.47. The number of hydrogen-bond acceptors (Lipinski definition) is 2. The van der Waals surface area contributed by atoms with Gasteiger partial charge in [0.15, 0.2) is 0 Å². The first-order valence-corrected chi connectivity index (χ1v) is 5.67. The highest BCUT2D eigenvalue weighted by Gasteiger charge is 2.83. The van der Waals surface area contributed by atoms with Gasteiger partial charge in [-0.2, -0.15) is 0 Å². The van der Waals surface area contributed by atoms with E-state index in [2.05, 4.69) is 0 Å². The normalized spacial score (nSPS) is 85.4. The fourth-order valence-corrected chi connectivity index (χ4v) is 6.44. The molecule has 0 saturated heterocycles. The van der Waals surface area contributed by atoms with Crippen LogP contribution in [0.4, 0.5) is 0 Å². The van der Waals surface area contributed by atoms with Gasteiger partial charge in [-0.1, -0.05) is 0 Å². The van der Waals surface area contributed by atoms with E-state index in [1.54, 1.807) is 0 Å². The molecule has 0 radical (unpaired) electrons. The average Bonchev–Trinajstić information content (AvgIpc) is 2.52. The second-order valence-corrected chi connectivity index (χ2v) is 6.01. The summed E-state index contributed by atoms with van der Waals surface area (Å²) in [5.74, 6) is 5.33. The van der Waals surface area contributed by atoms with Gasteiger partial charge in [0.2, 0.25) is 0 Å². The number of aliphatic hydroxyl groups excluding tert-OH is 2. The molecule has 70 valence electrons. The minimum absolute atomic E-state index is 0.0304. The van der Waals surface area contributed by atoms with Crippen molar-refractivity contribution in [3.8, 4) is 0 Å². The van der Waals surface area contributed by atoms with Crippen LogP contribution in [0.1, 0.15) is 6.42 Å². The molecule has 5 aliphatic rings. The topological polar surface area (TPSA) is 40.5 Å². The largest absolute Gasteiger partial charge is 0.393 e. The van der Waals surface area contributed by atoms with Crippen molar-refractivity contribution in [2.24, 2.45) is 47.3 Å². The van der Waals surface area contributed by atoms with Gasteiger partial charge in [-0.15, -0.1) is 0 Å². The van der Waals surface area contributed by atoms with Crippen LogP contribution in [-0.2, 0) is 0 Å². The van der Waals surface area contributed by atoms with Gasteiger partial charge in [0.25, 0.3) is 0 Å². The third-order valence-electron chi connectivity index (χ3n) is 6.32. The van der Waals surface area contributed by atoms with Crippen LogP contribution in [-0.4, -0.2) is 22.4 Å². The maximum atomic E-state index is 10.1. The Morgan fingerprint density at radius 3 is 1.54 bits per heavy atom. The molecule has 2 nitrogen and oxygen atoms in total. The van der Waals surface area contributed by atoms with Crippen molar-refractivity contribution >= 4 is 0 Å². The van der Waals surface area contributed by atoms with Gasteiger partial charge in [-0.25, -0.2) is 0 Å². The van der Waals surface area contributed by atoms with Gasteiger partial charge in [0.05, 0.1) is 12.2 Å². The number of hydrogen-bond donors (Lipinski definition) is 2. The summed E-state index contributed by atoms with van der Waals surface area (Å²) in [7, 11) is 0. The van der Waals surface area contributed by atoms with Crippen molar-refractivity contribution in [3.63, 3.8) is 0 Å². The van der Waals surface area contributed by atoms with E-state index in [-0.39, 0.29) is 12.2 Å². The van der Waals surface area contributed by atoms with Gasteiger partial charge in [0.1, 0.15) is 0 Å². The number of fused-ring (bicyclic) bond motifs is 2. The molecule has 2 N–H and O–H groups in total. The smallest absolute Gasteiger partial charge is 0.0609 e. The SMILES string of the molecule is O[C@@H]1[C@@H]2C3[C@H]4[C@@H]5C[C@H]([C@@H]24)[C@H]1[C@@H]5[C@H]3O. The van der Waals surface area contributed by atoms with E-state index in [0.717, 1.165) is 23.7 Å². The first kappa shape index (κ1) is 6.41. The van der Waals surface area contributed by atoms with Crippen molar-refractivity contribution in [1.29, 1.82) is 0 Å². The molecule has 2 bridgehead atoms. The van der Waals surface area contributed by atoms with Gasteiger partial charge < -0.3 is 10.2 Å². The van der Waals surface area contributed by atoms with E-state index in [4.69, 9.17) is 0 Å². The molecule has 10 atom stereocenters. The molecule has 5 rings (SSSR count). The fourth-order valence-electron chi connectivity index (χ4n) is 6.44. The van der Waals surface area contributed by atoms with E-state index in [1.807, 2.05) is 0 Å². The summed E-state index contributed by atoms with van der Waals surface area (Å²) in [5.41, 5.74) is 0. The summed E-state index contributed by atoms with van der Waals surface area (Å²) in [6, 6.07) is 0. The van der Waals surface area contributed by atoms with E-state index < -0.39 is 0 Å². The maximum Gasteiger partial charge on any atom is 0.0609 e. The molecule has 0 aromatic carbocycles. The second kappa shape index (κ2) is 1.49. The summed E-state index contributed by atoms with van der Waals surface area (Å²) in [5, 5.41) is 20.2. The Kier molecular flexibility index (Phi) is 0.733. The molecular weight excluding hydrogens is 164 g/mol. The van der Waals surface area contributed by atoms with Crippen LogP contribution in [0.5, 0.6) is 0 Å². The van der Waals surface area contributed by atoms with Crippen molar-refractivity contribution in [3.05, 3.63) is 0 Å². The van der Waals surface area contributed by atoms with E-state index in [0.29, 0.717) is 23.7 Å². The van der Waals surface area contributed by atoms with Crippen LogP contribution in [0, 0.1) is 47.3 Å². The van der Waals surface area contributed by atoms with Gasteiger partial charge in [0, 0.05) is 0 Å². The second-order valence-electron chi connectivity index (χ2n) is 6.01. The molecule has 0 aromatic heterocycles. The van der Waals surface area contributed by atoms with Gasteiger partial charge in [-0.05, 0) is 53.8 Å². The molecule has 0 aromatic rings. The van der Waals surface area contributed by atoms with Crippen molar-refractivity contribution in [2.45, 2.75) is 18.6 Å². The van der Waals surface area contributed by atoms with Crippen molar-refractivity contribution < 1.29 is 10.2 Å². The van der Waals surface area contributed by atoms with Crippen LogP contribution in [0.15, 0.2) is 0 Å². The Balaban J connectivity index is 1.83.